The summed E-state index contributed by atoms with van der Waals surface area (Å²) in [5.41, 5.74) is 0.970. The first-order chi connectivity index (χ1) is 10.4. The number of hydrogen-bond acceptors (Lipinski definition) is 4. The third-order valence-corrected chi connectivity index (χ3v) is 4.68. The summed E-state index contributed by atoms with van der Waals surface area (Å²) in [6, 6.07) is 5.11. The van der Waals surface area contributed by atoms with E-state index in [-0.39, 0.29) is 18.4 Å². The maximum Gasteiger partial charge on any atom is 0.311 e. The van der Waals surface area contributed by atoms with Crippen LogP contribution in [0.2, 0.25) is 0 Å². The molecular formula is C15H18N4O3. The first kappa shape index (κ1) is 14.5. The fraction of sp³-hybridized carbons (Fsp3) is 0.467. The lowest BCUT2D eigenvalue weighted by atomic mass is 9.76. The van der Waals surface area contributed by atoms with Crippen molar-refractivity contribution in [3.8, 4) is 0 Å². The van der Waals surface area contributed by atoms with E-state index in [2.05, 4.69) is 15.4 Å². The number of rotatable bonds is 3. The minimum absolute atomic E-state index is 0.0270. The Balaban J connectivity index is 1.85. The molecule has 1 aliphatic heterocycles. The summed E-state index contributed by atoms with van der Waals surface area (Å²) in [4.78, 5) is 25.9. The Bertz CT molecular complexity index is 739. The van der Waals surface area contributed by atoms with Gasteiger partial charge in [0, 0.05) is 18.7 Å². The largest absolute Gasteiger partial charge is 0.481 e. The van der Waals surface area contributed by atoms with Crippen molar-refractivity contribution in [2.24, 2.45) is 11.3 Å². The van der Waals surface area contributed by atoms with E-state index in [1.165, 1.54) is 0 Å². The van der Waals surface area contributed by atoms with Crippen LogP contribution in [0.25, 0.3) is 11.0 Å². The summed E-state index contributed by atoms with van der Waals surface area (Å²) >= 11 is 0. The molecule has 1 atom stereocenters. The van der Waals surface area contributed by atoms with E-state index in [9.17, 15) is 14.7 Å². The molecule has 1 amide bonds. The van der Waals surface area contributed by atoms with E-state index < -0.39 is 11.4 Å². The maximum absolute atomic E-state index is 12.6. The molecule has 1 aliphatic rings. The third kappa shape index (κ3) is 2.13. The Labute approximate surface area is 127 Å². The minimum atomic E-state index is -0.854. The van der Waals surface area contributed by atoms with Gasteiger partial charge in [0.15, 0.2) is 0 Å². The van der Waals surface area contributed by atoms with Gasteiger partial charge >= 0.3 is 5.97 Å². The number of fused-ring (bicyclic) bond motifs is 1. The second kappa shape index (κ2) is 5.08. The zero-order valence-corrected chi connectivity index (χ0v) is 12.5. The molecule has 0 radical (unpaired) electrons. The van der Waals surface area contributed by atoms with Crippen molar-refractivity contribution >= 4 is 22.9 Å². The lowest BCUT2D eigenvalue weighted by molar-refractivity contribution is -0.150. The van der Waals surface area contributed by atoms with E-state index in [4.69, 9.17) is 0 Å². The predicted molar refractivity (Wildman–Crippen MR) is 79.3 cm³/mol. The fourth-order valence-electron chi connectivity index (χ4n) is 3.06. The van der Waals surface area contributed by atoms with Crippen molar-refractivity contribution in [1.82, 2.24) is 20.3 Å². The van der Waals surface area contributed by atoms with Gasteiger partial charge in [0.25, 0.3) is 5.91 Å². The van der Waals surface area contributed by atoms with Gasteiger partial charge in [-0.3, -0.25) is 9.59 Å². The molecule has 2 heterocycles. The van der Waals surface area contributed by atoms with E-state index in [1.54, 1.807) is 23.1 Å². The first-order valence-electron chi connectivity index (χ1n) is 7.27. The molecule has 1 aromatic heterocycles. The Hall–Kier alpha value is -2.44. The van der Waals surface area contributed by atoms with Crippen LogP contribution in [0, 0.1) is 11.3 Å². The van der Waals surface area contributed by atoms with Crippen LogP contribution in [0.3, 0.4) is 0 Å². The second-order valence-electron chi connectivity index (χ2n) is 6.12. The molecule has 22 heavy (non-hydrogen) atoms. The maximum atomic E-state index is 12.6. The van der Waals surface area contributed by atoms with Gasteiger partial charge in [-0.05, 0) is 30.5 Å². The van der Waals surface area contributed by atoms with Crippen LogP contribution in [0.15, 0.2) is 18.2 Å². The molecule has 2 N–H and O–H groups in total. The Morgan fingerprint density at radius 1 is 1.32 bits per heavy atom. The van der Waals surface area contributed by atoms with Gasteiger partial charge in [-0.25, -0.2) is 0 Å². The summed E-state index contributed by atoms with van der Waals surface area (Å²) in [5, 5.41) is 20.0. The van der Waals surface area contributed by atoms with Crippen molar-refractivity contribution in [1.29, 1.82) is 0 Å². The van der Waals surface area contributed by atoms with E-state index in [1.807, 2.05) is 13.8 Å². The van der Waals surface area contributed by atoms with Crippen LogP contribution in [-0.4, -0.2) is 50.4 Å². The van der Waals surface area contributed by atoms with Crippen LogP contribution in [0.4, 0.5) is 0 Å². The number of carbonyl (C=O) groups is 2. The monoisotopic (exact) mass is 302 g/mol. The molecule has 116 valence electrons. The van der Waals surface area contributed by atoms with Gasteiger partial charge in [-0.15, -0.1) is 0 Å². The third-order valence-electron chi connectivity index (χ3n) is 4.68. The average Bonchev–Trinajstić information content (AvgIpc) is 3.13. The lowest BCUT2D eigenvalue weighted by Gasteiger charge is -2.28. The summed E-state index contributed by atoms with van der Waals surface area (Å²) < 4.78 is 0. The number of carboxylic acids is 1. The molecule has 0 aliphatic carbocycles. The van der Waals surface area contributed by atoms with Gasteiger partial charge < -0.3 is 10.0 Å². The molecule has 1 unspecified atom stereocenters. The van der Waals surface area contributed by atoms with Crippen molar-refractivity contribution in [3.63, 3.8) is 0 Å². The highest BCUT2D eigenvalue weighted by Gasteiger charge is 2.48. The standard InChI is InChI=1S/C15H18N4O3/c1-9(2)15(14(21)22)5-6-19(8-15)13(20)10-3-4-11-12(7-10)17-18-16-11/h3-4,7,9H,5-6,8H2,1-2H3,(H,21,22)(H,16,17,18). The number of H-pyrrole nitrogens is 1. The predicted octanol–water partition coefficient (Wildman–Crippen LogP) is 1.53. The first-order valence-corrected chi connectivity index (χ1v) is 7.27. The number of hydrogen-bond donors (Lipinski definition) is 2. The molecule has 3 rings (SSSR count). The molecule has 7 nitrogen and oxygen atoms in total. The lowest BCUT2D eigenvalue weighted by Crippen LogP contribution is -2.40. The van der Waals surface area contributed by atoms with Crippen molar-refractivity contribution in [2.45, 2.75) is 20.3 Å². The Morgan fingerprint density at radius 2 is 2.05 bits per heavy atom. The Morgan fingerprint density at radius 3 is 2.68 bits per heavy atom. The normalized spacial score (nSPS) is 21.7. The number of carbonyl (C=O) groups excluding carboxylic acids is 1. The molecule has 0 bridgehead atoms. The van der Waals surface area contributed by atoms with Crippen molar-refractivity contribution in [2.75, 3.05) is 13.1 Å². The summed E-state index contributed by atoms with van der Waals surface area (Å²) in [5.74, 6) is -1.01. The molecule has 7 heteroatoms. The number of nitrogens with one attached hydrogen (secondary N) is 1. The summed E-state index contributed by atoms with van der Waals surface area (Å²) in [6.07, 6.45) is 0.484. The number of nitrogens with zero attached hydrogens (tertiary/aromatic N) is 3. The number of carboxylic acid groups (broad SMARTS) is 1. The molecule has 2 aromatic rings. The van der Waals surface area contributed by atoms with Gasteiger partial charge in [-0.1, -0.05) is 13.8 Å². The SMILES string of the molecule is CC(C)C1(C(=O)O)CCN(C(=O)c2ccc3n[nH]nc3c2)C1. The van der Waals surface area contributed by atoms with Gasteiger partial charge in [0.05, 0.1) is 5.41 Å². The number of aromatic amines is 1. The number of aromatic nitrogens is 3. The smallest absolute Gasteiger partial charge is 0.311 e. The molecule has 1 saturated heterocycles. The highest BCUT2D eigenvalue weighted by molar-refractivity contribution is 5.97. The van der Waals surface area contributed by atoms with Crippen LogP contribution >= 0.6 is 0 Å². The highest BCUT2D eigenvalue weighted by atomic mass is 16.4. The Kier molecular flexibility index (Phi) is 3.35. The second-order valence-corrected chi connectivity index (χ2v) is 6.12. The topological polar surface area (TPSA) is 99.2 Å². The number of aliphatic carboxylic acids is 1. The number of likely N-dealkylation sites (tertiary alicyclic amines) is 1. The highest BCUT2D eigenvalue weighted by Crippen LogP contribution is 2.38. The zero-order valence-electron chi connectivity index (χ0n) is 12.5. The van der Waals surface area contributed by atoms with Gasteiger partial charge in [0.1, 0.15) is 11.0 Å². The van der Waals surface area contributed by atoms with Crippen LogP contribution < -0.4 is 0 Å². The van der Waals surface area contributed by atoms with E-state index in [0.717, 1.165) is 0 Å². The van der Waals surface area contributed by atoms with Gasteiger partial charge in [0.2, 0.25) is 0 Å². The molecule has 0 saturated carbocycles. The number of amides is 1. The molecule has 1 aromatic carbocycles. The molecule has 1 fully saturated rings. The molecule has 0 spiro atoms. The quantitative estimate of drug-likeness (QED) is 0.895. The minimum Gasteiger partial charge on any atom is -0.481 e. The van der Waals surface area contributed by atoms with E-state index in [0.29, 0.717) is 29.6 Å². The zero-order chi connectivity index (χ0) is 15.9. The van der Waals surface area contributed by atoms with Crippen molar-refractivity contribution in [3.05, 3.63) is 23.8 Å². The summed E-state index contributed by atoms with van der Waals surface area (Å²) in [7, 11) is 0. The van der Waals surface area contributed by atoms with Crippen LogP contribution in [0.1, 0.15) is 30.6 Å². The van der Waals surface area contributed by atoms with Crippen molar-refractivity contribution < 1.29 is 14.7 Å². The van der Waals surface area contributed by atoms with Crippen LogP contribution in [-0.2, 0) is 4.79 Å². The van der Waals surface area contributed by atoms with Crippen LogP contribution in [0.5, 0.6) is 0 Å². The van der Waals surface area contributed by atoms with Gasteiger partial charge in [-0.2, -0.15) is 15.4 Å². The fourth-order valence-corrected chi connectivity index (χ4v) is 3.06. The van der Waals surface area contributed by atoms with E-state index >= 15 is 0 Å². The summed E-state index contributed by atoms with van der Waals surface area (Å²) in [6.45, 7) is 4.49. The average molecular weight is 302 g/mol. The number of benzene rings is 1. The molecular weight excluding hydrogens is 284 g/mol.